The molecule has 1 unspecified atom stereocenters. The Balaban J connectivity index is 6.38. The van der Waals surface area contributed by atoms with Gasteiger partial charge in [-0.15, -0.1) is 6.42 Å². The van der Waals surface area contributed by atoms with Crippen molar-refractivity contribution < 1.29 is 82.1 Å². The van der Waals surface area contributed by atoms with Crippen molar-refractivity contribution in [2.75, 3.05) is 0 Å². The van der Waals surface area contributed by atoms with Crippen LogP contribution in [0.25, 0.3) is 0 Å². The molecule has 0 aliphatic rings. The lowest BCUT2D eigenvalue weighted by Crippen LogP contribution is -2.57. The van der Waals surface area contributed by atoms with E-state index in [9.17, 15) is 77.9 Å². The van der Waals surface area contributed by atoms with E-state index in [1.807, 2.05) is 0 Å². The minimum atomic E-state index is -7.44. The maximum absolute atomic E-state index is 13.5. The maximum atomic E-state index is 13.5. The monoisotopic (exact) mass is 565 g/mol. The second kappa shape index (κ2) is 8.32. The highest BCUT2D eigenvalue weighted by Gasteiger charge is 2.76. The first-order valence-electron chi connectivity index (χ1n) is 7.03. The summed E-state index contributed by atoms with van der Waals surface area (Å²) in [5, 5.41) is -6.86. The smallest absolute Gasteiger partial charge is 0.265 e. The quantitative estimate of drug-likeness (QED) is 0.240. The minimum Gasteiger partial charge on any atom is -0.265 e. The van der Waals surface area contributed by atoms with Crippen molar-refractivity contribution >= 4 is 29.8 Å². The molecule has 32 heavy (non-hydrogen) atoms. The summed E-state index contributed by atoms with van der Waals surface area (Å²) < 4.78 is 221. The first kappa shape index (κ1) is 31.0. The molecular formula is C10H9F12O7S3-. The summed E-state index contributed by atoms with van der Waals surface area (Å²) >= 11 is 0. The van der Waals surface area contributed by atoms with E-state index in [-0.39, 0.29) is 6.92 Å². The fourth-order valence-corrected chi connectivity index (χ4v) is 5.84. The lowest BCUT2D eigenvalue weighted by molar-refractivity contribution is -0.273. The number of hydrogen-bond acceptors (Lipinski definition) is 7. The van der Waals surface area contributed by atoms with Crippen molar-refractivity contribution in [3.05, 3.63) is 4.58 Å². The molecule has 0 aliphatic carbocycles. The van der Waals surface area contributed by atoms with Crippen molar-refractivity contribution in [2.45, 2.75) is 54.5 Å². The van der Waals surface area contributed by atoms with Crippen molar-refractivity contribution in [1.29, 1.82) is 0 Å². The molecule has 0 radical (unpaired) electrons. The molecule has 194 valence electrons. The second-order valence-corrected chi connectivity index (χ2v) is 11.6. The van der Waals surface area contributed by atoms with Gasteiger partial charge in [0.25, 0.3) is 0 Å². The van der Waals surface area contributed by atoms with E-state index in [0.29, 0.717) is 0 Å². The molecule has 7 nitrogen and oxygen atoms in total. The highest BCUT2D eigenvalue weighted by molar-refractivity contribution is 8.13. The standard InChI is InChI=1S/C10H9F12O7S3/c1-4(29-32(27,28)8(15,16)7(13,14)6(2,11)12)3-5(30(23,24)9(17,18)19)31(25,26)10(20,21)22/h4H,3H2,1-2H3/q-1. The van der Waals surface area contributed by atoms with Gasteiger partial charge in [0.05, 0.1) is 0 Å². The van der Waals surface area contributed by atoms with Gasteiger partial charge >= 0.3 is 38.2 Å². The first-order valence-corrected chi connectivity index (χ1v) is 11.4. The van der Waals surface area contributed by atoms with Crippen LogP contribution in [0, 0.1) is 4.58 Å². The van der Waals surface area contributed by atoms with E-state index in [1.165, 1.54) is 0 Å². The zero-order valence-corrected chi connectivity index (χ0v) is 17.4. The highest BCUT2D eigenvalue weighted by Crippen LogP contribution is 2.49. The predicted molar refractivity (Wildman–Crippen MR) is 77.8 cm³/mol. The van der Waals surface area contributed by atoms with Gasteiger partial charge < -0.3 is 0 Å². The van der Waals surface area contributed by atoms with Gasteiger partial charge in [-0.3, -0.25) is 21.0 Å². The van der Waals surface area contributed by atoms with E-state index >= 15 is 0 Å². The molecule has 0 aromatic carbocycles. The molecule has 0 bridgehead atoms. The Morgan fingerprint density at radius 2 is 1.03 bits per heavy atom. The molecule has 0 saturated heterocycles. The Kier molecular flexibility index (Phi) is 8.06. The van der Waals surface area contributed by atoms with Crippen LogP contribution in [0.3, 0.4) is 0 Å². The Labute approximate surface area is 171 Å². The largest absolute Gasteiger partial charge is 0.469 e. The predicted octanol–water partition coefficient (Wildman–Crippen LogP) is 3.35. The molecule has 0 spiro atoms. The van der Waals surface area contributed by atoms with Gasteiger partial charge in [-0.25, -0.2) is 0 Å². The summed E-state index contributed by atoms with van der Waals surface area (Å²) in [6.07, 6.45) is -6.02. The van der Waals surface area contributed by atoms with Gasteiger partial charge in [0, 0.05) is 13.0 Å². The molecule has 0 aromatic heterocycles. The fourth-order valence-electron chi connectivity index (χ4n) is 1.58. The summed E-state index contributed by atoms with van der Waals surface area (Å²) in [6.45, 7) is -0.995. The molecule has 0 aromatic rings. The van der Waals surface area contributed by atoms with Gasteiger partial charge in [0.1, 0.15) is 19.7 Å². The van der Waals surface area contributed by atoms with Crippen LogP contribution in [-0.4, -0.2) is 59.5 Å². The zero-order valence-electron chi connectivity index (χ0n) is 14.9. The van der Waals surface area contributed by atoms with Crippen molar-refractivity contribution in [1.82, 2.24) is 0 Å². The van der Waals surface area contributed by atoms with E-state index in [2.05, 4.69) is 4.18 Å². The molecule has 0 aliphatic heterocycles. The fraction of sp³-hybridized carbons (Fsp3) is 0.900. The van der Waals surface area contributed by atoms with Crippen LogP contribution >= 0.6 is 0 Å². The van der Waals surface area contributed by atoms with Crippen LogP contribution in [0.1, 0.15) is 20.3 Å². The summed E-state index contributed by atoms with van der Waals surface area (Å²) in [4.78, 5) is 0. The van der Waals surface area contributed by atoms with Crippen LogP contribution in [0.15, 0.2) is 0 Å². The van der Waals surface area contributed by atoms with Gasteiger partial charge in [-0.1, -0.05) is 4.58 Å². The summed E-state index contributed by atoms with van der Waals surface area (Å²) in [6, 6.07) is 0. The molecule has 0 fully saturated rings. The highest BCUT2D eigenvalue weighted by atomic mass is 32.3. The van der Waals surface area contributed by atoms with E-state index in [0.717, 1.165) is 0 Å². The van der Waals surface area contributed by atoms with Gasteiger partial charge in [-0.2, -0.15) is 61.1 Å². The zero-order chi connectivity index (χ0) is 26.6. The van der Waals surface area contributed by atoms with Crippen LogP contribution in [0.5, 0.6) is 0 Å². The van der Waals surface area contributed by atoms with Gasteiger partial charge in [-0.05, 0) is 6.92 Å². The summed E-state index contributed by atoms with van der Waals surface area (Å²) in [5.41, 5.74) is -13.5. The topological polar surface area (TPSA) is 112 Å². The Morgan fingerprint density at radius 1 is 0.719 bits per heavy atom. The minimum absolute atomic E-state index is 0.117. The van der Waals surface area contributed by atoms with Crippen LogP contribution in [0.4, 0.5) is 52.7 Å². The normalized spacial score (nSPS) is 17.0. The maximum Gasteiger partial charge on any atom is 0.469 e. The van der Waals surface area contributed by atoms with Crippen molar-refractivity contribution in [3.8, 4) is 0 Å². The third-order valence-electron chi connectivity index (χ3n) is 3.18. The third-order valence-corrected chi connectivity index (χ3v) is 8.72. The molecule has 0 heterocycles. The average Bonchev–Trinajstić information content (AvgIpc) is 2.47. The van der Waals surface area contributed by atoms with Crippen molar-refractivity contribution in [2.24, 2.45) is 0 Å². The van der Waals surface area contributed by atoms with E-state index in [4.69, 9.17) is 0 Å². The molecule has 22 heteroatoms. The number of rotatable bonds is 9. The van der Waals surface area contributed by atoms with E-state index in [1.54, 1.807) is 0 Å². The van der Waals surface area contributed by atoms with Gasteiger partial charge in [0.2, 0.25) is 0 Å². The summed E-state index contributed by atoms with van der Waals surface area (Å²) in [7, 11) is -22.2. The molecule has 0 rings (SSSR count). The van der Waals surface area contributed by atoms with Crippen LogP contribution in [-0.2, 0) is 34.0 Å². The second-order valence-electron chi connectivity index (χ2n) is 5.81. The lowest BCUT2D eigenvalue weighted by Gasteiger charge is -2.34. The third kappa shape index (κ3) is 5.37. The first-order chi connectivity index (χ1) is 13.5. The number of alkyl halides is 12. The molecule has 0 saturated carbocycles. The molecule has 1 atom stereocenters. The number of hydrogen-bond donors (Lipinski definition) is 0. The SMILES string of the molecule is CC(C[C-](S(=O)(=O)C(F)(F)F)S(=O)(=O)C(F)(F)F)OS(=O)(=O)C(F)(F)C(F)(F)C(C)(F)F. The average molecular weight is 565 g/mol. The van der Waals surface area contributed by atoms with Crippen molar-refractivity contribution in [3.63, 3.8) is 0 Å². The number of sulfone groups is 2. The Hall–Kier alpha value is -1.03. The van der Waals surface area contributed by atoms with Crippen LogP contribution < -0.4 is 0 Å². The molecule has 0 N–H and O–H groups in total. The molecular weight excluding hydrogens is 556 g/mol. The molecule has 0 amide bonds. The number of halogens is 12. The Bertz CT molecular complexity index is 959. The summed E-state index contributed by atoms with van der Waals surface area (Å²) in [5.74, 6) is -12.5. The lowest BCUT2D eigenvalue weighted by atomic mass is 10.2. The Morgan fingerprint density at radius 3 is 1.28 bits per heavy atom. The van der Waals surface area contributed by atoms with Gasteiger partial charge in [0.15, 0.2) is 0 Å². The van der Waals surface area contributed by atoms with E-state index < -0.39 is 81.9 Å². The van der Waals surface area contributed by atoms with Crippen LogP contribution in [0.2, 0.25) is 0 Å².